The summed E-state index contributed by atoms with van der Waals surface area (Å²) in [7, 11) is -4.19. The first-order valence-corrected chi connectivity index (χ1v) is 7.13. The normalized spacial score (nSPS) is 11.3. The lowest BCUT2D eigenvalue weighted by Gasteiger charge is -2.10. The minimum absolute atomic E-state index is 0.0468. The summed E-state index contributed by atoms with van der Waals surface area (Å²) in [6.45, 7) is 1.63. The molecule has 20 heavy (non-hydrogen) atoms. The average molecular weight is 317 g/mol. The molecule has 0 atom stereocenters. The van der Waals surface area contributed by atoms with Crippen LogP contribution in [0.25, 0.3) is 0 Å². The number of hydrogen-bond acceptors (Lipinski definition) is 5. The second-order valence-corrected chi connectivity index (χ2v) is 5.84. The van der Waals surface area contributed by atoms with Gasteiger partial charge < -0.3 is 4.98 Å². The third-order valence-electron chi connectivity index (χ3n) is 2.42. The molecule has 0 saturated carbocycles. The van der Waals surface area contributed by atoms with Crippen molar-refractivity contribution in [2.75, 3.05) is 4.72 Å². The van der Waals surface area contributed by atoms with Gasteiger partial charge in [-0.25, -0.2) is 18.2 Å². The molecule has 8 nitrogen and oxygen atoms in total. The van der Waals surface area contributed by atoms with Gasteiger partial charge >= 0.3 is 5.69 Å². The Hall–Kier alpha value is -2.13. The van der Waals surface area contributed by atoms with E-state index in [1.807, 2.05) is 4.98 Å². The largest absolute Gasteiger partial charge is 0.325 e. The second-order valence-electron chi connectivity index (χ2n) is 3.84. The predicted molar refractivity (Wildman–Crippen MR) is 72.5 cm³/mol. The van der Waals surface area contributed by atoms with E-state index in [4.69, 9.17) is 11.6 Å². The number of nitrogens with one attached hydrogen (secondary N) is 3. The Balaban J connectivity index is 2.52. The third-order valence-corrected chi connectivity index (χ3v) is 4.07. The van der Waals surface area contributed by atoms with Crippen LogP contribution in [0.1, 0.15) is 5.56 Å². The number of H-pyrrole nitrogens is 2. The van der Waals surface area contributed by atoms with Crippen molar-refractivity contribution in [2.45, 2.75) is 11.8 Å². The highest BCUT2D eigenvalue weighted by molar-refractivity contribution is 7.92. The van der Waals surface area contributed by atoms with Crippen molar-refractivity contribution in [3.05, 3.63) is 50.0 Å². The fraction of sp³-hybridized carbons (Fsp3) is 0.100. The number of hydrogen-bond donors (Lipinski definition) is 3. The van der Waals surface area contributed by atoms with Crippen LogP contribution in [0.3, 0.4) is 0 Å². The first-order chi connectivity index (χ1) is 9.31. The molecule has 0 bridgehead atoms. The molecule has 2 heterocycles. The number of nitrogens with zero attached hydrogens (tertiary/aromatic N) is 1. The molecule has 2 rings (SSSR count). The first-order valence-electron chi connectivity index (χ1n) is 5.27. The summed E-state index contributed by atoms with van der Waals surface area (Å²) < 4.78 is 26.4. The van der Waals surface area contributed by atoms with Crippen LogP contribution in [0.4, 0.5) is 5.69 Å². The van der Waals surface area contributed by atoms with Crippen LogP contribution in [0.15, 0.2) is 32.9 Å². The van der Waals surface area contributed by atoms with Gasteiger partial charge in [-0.2, -0.15) is 0 Å². The second kappa shape index (κ2) is 5.10. The van der Waals surface area contributed by atoms with Crippen molar-refractivity contribution < 1.29 is 8.42 Å². The lowest BCUT2D eigenvalue weighted by atomic mass is 10.3. The molecule has 10 heteroatoms. The van der Waals surface area contributed by atoms with Crippen molar-refractivity contribution in [2.24, 2.45) is 0 Å². The molecule has 0 spiro atoms. The Morgan fingerprint density at radius 2 is 2.05 bits per heavy atom. The van der Waals surface area contributed by atoms with Crippen LogP contribution >= 0.6 is 11.6 Å². The van der Waals surface area contributed by atoms with E-state index in [-0.39, 0.29) is 10.8 Å². The molecule has 0 amide bonds. The number of aromatic nitrogens is 3. The van der Waals surface area contributed by atoms with Crippen LogP contribution in [0.2, 0.25) is 5.15 Å². The molecule has 0 aromatic carbocycles. The van der Waals surface area contributed by atoms with E-state index in [2.05, 4.69) is 14.7 Å². The predicted octanol–water partition coefficient (Wildman–Crippen LogP) is 0.221. The highest BCUT2D eigenvalue weighted by atomic mass is 35.5. The van der Waals surface area contributed by atoms with Crippen LogP contribution in [0, 0.1) is 6.92 Å². The minimum Gasteiger partial charge on any atom is -0.313 e. The van der Waals surface area contributed by atoms with Gasteiger partial charge in [0.1, 0.15) is 0 Å². The highest BCUT2D eigenvalue weighted by Gasteiger charge is 2.21. The molecule has 2 aromatic heterocycles. The van der Waals surface area contributed by atoms with Gasteiger partial charge in [0.25, 0.3) is 15.6 Å². The lowest BCUT2D eigenvalue weighted by Crippen LogP contribution is -2.29. The third kappa shape index (κ3) is 2.73. The molecule has 0 aliphatic rings. The molecule has 0 fully saturated rings. The maximum Gasteiger partial charge on any atom is 0.325 e. The number of anilines is 1. The molecule has 106 valence electrons. The Kier molecular flexibility index (Phi) is 3.64. The Morgan fingerprint density at radius 1 is 1.35 bits per heavy atom. The van der Waals surface area contributed by atoms with E-state index in [0.29, 0.717) is 5.56 Å². The molecule has 0 unspecified atom stereocenters. The van der Waals surface area contributed by atoms with Crippen molar-refractivity contribution in [1.29, 1.82) is 0 Å². The van der Waals surface area contributed by atoms with Gasteiger partial charge in [0, 0.05) is 12.4 Å². The monoisotopic (exact) mass is 316 g/mol. The van der Waals surface area contributed by atoms with Gasteiger partial charge in [0.15, 0.2) is 10.0 Å². The zero-order chi connectivity index (χ0) is 14.9. The summed E-state index contributed by atoms with van der Waals surface area (Å²) in [5.74, 6) is 0. The molecule has 0 aliphatic carbocycles. The number of aromatic amines is 2. The molecular formula is C10H9ClN4O4S. The van der Waals surface area contributed by atoms with E-state index in [0.717, 1.165) is 6.20 Å². The quantitative estimate of drug-likeness (QED) is 0.699. The van der Waals surface area contributed by atoms with Gasteiger partial charge in [-0.15, -0.1) is 0 Å². The van der Waals surface area contributed by atoms with Gasteiger partial charge in [-0.3, -0.25) is 14.5 Å². The lowest BCUT2D eigenvalue weighted by molar-refractivity contribution is 0.599. The van der Waals surface area contributed by atoms with Crippen molar-refractivity contribution in [3.8, 4) is 0 Å². The Morgan fingerprint density at radius 3 is 2.65 bits per heavy atom. The molecule has 0 radical (unpaired) electrons. The zero-order valence-electron chi connectivity index (χ0n) is 10.1. The Bertz CT molecular complexity index is 851. The fourth-order valence-corrected chi connectivity index (χ4v) is 2.89. The standard InChI is InChI=1S/C10H9ClN4O4S/c1-5-2-3-12-8(11)7(5)15-20(18,19)6-4-13-10(17)14-9(6)16/h2-4,15H,1H3,(H2,13,14,16,17). The summed E-state index contributed by atoms with van der Waals surface area (Å²) >= 11 is 5.81. The number of aryl methyl sites for hydroxylation is 1. The number of halogens is 1. The van der Waals surface area contributed by atoms with E-state index < -0.39 is 26.2 Å². The summed E-state index contributed by atoms with van der Waals surface area (Å²) in [4.78, 5) is 29.4. The maximum absolute atomic E-state index is 12.1. The number of rotatable bonds is 3. The van der Waals surface area contributed by atoms with Crippen molar-refractivity contribution in [1.82, 2.24) is 15.0 Å². The SMILES string of the molecule is Cc1ccnc(Cl)c1NS(=O)(=O)c1c[nH]c(=O)[nH]c1=O. The van der Waals surface area contributed by atoms with Crippen molar-refractivity contribution in [3.63, 3.8) is 0 Å². The van der Waals surface area contributed by atoms with Gasteiger partial charge in [-0.05, 0) is 18.6 Å². The Labute approximate surface area is 117 Å². The van der Waals surface area contributed by atoms with Crippen LogP contribution < -0.4 is 16.0 Å². The summed E-state index contributed by atoms with van der Waals surface area (Å²) in [6, 6.07) is 1.56. The number of sulfonamides is 1. The zero-order valence-corrected chi connectivity index (χ0v) is 11.7. The van der Waals surface area contributed by atoms with Crippen LogP contribution in [0.5, 0.6) is 0 Å². The smallest absolute Gasteiger partial charge is 0.313 e. The van der Waals surface area contributed by atoms with E-state index >= 15 is 0 Å². The summed E-state index contributed by atoms with van der Waals surface area (Å²) in [6.07, 6.45) is 2.23. The van der Waals surface area contributed by atoms with Crippen LogP contribution in [-0.4, -0.2) is 23.4 Å². The van der Waals surface area contributed by atoms with E-state index in [1.165, 1.54) is 6.20 Å². The molecule has 0 saturated heterocycles. The summed E-state index contributed by atoms with van der Waals surface area (Å²) in [5.41, 5.74) is -1.22. The van der Waals surface area contributed by atoms with Crippen LogP contribution in [-0.2, 0) is 10.0 Å². The number of pyridine rings is 1. The maximum atomic E-state index is 12.1. The molecule has 0 aliphatic heterocycles. The van der Waals surface area contributed by atoms with Gasteiger partial charge in [0.2, 0.25) is 0 Å². The highest BCUT2D eigenvalue weighted by Crippen LogP contribution is 2.24. The van der Waals surface area contributed by atoms with E-state index in [1.54, 1.807) is 13.0 Å². The van der Waals surface area contributed by atoms with E-state index in [9.17, 15) is 18.0 Å². The topological polar surface area (TPSA) is 125 Å². The van der Waals surface area contributed by atoms with Gasteiger partial charge in [-0.1, -0.05) is 11.6 Å². The molecular weight excluding hydrogens is 308 g/mol. The molecule has 3 N–H and O–H groups in total. The fourth-order valence-electron chi connectivity index (χ4n) is 1.43. The first kappa shape index (κ1) is 14.3. The van der Waals surface area contributed by atoms with Crippen molar-refractivity contribution >= 4 is 27.3 Å². The molecule has 2 aromatic rings. The average Bonchev–Trinajstić information content (AvgIpc) is 2.33. The summed E-state index contributed by atoms with van der Waals surface area (Å²) in [5, 5.41) is -0.0468. The van der Waals surface area contributed by atoms with Gasteiger partial charge in [0.05, 0.1) is 5.69 Å². The minimum atomic E-state index is -4.19.